The number of anilines is 1. The fourth-order valence-electron chi connectivity index (χ4n) is 2.43. The van der Waals surface area contributed by atoms with Gasteiger partial charge < -0.3 is 5.32 Å². The van der Waals surface area contributed by atoms with E-state index in [9.17, 15) is 0 Å². The summed E-state index contributed by atoms with van der Waals surface area (Å²) < 4.78 is 0. The van der Waals surface area contributed by atoms with Crippen molar-refractivity contribution in [1.29, 1.82) is 0 Å². The second-order valence-electron chi connectivity index (χ2n) is 5.55. The standard InChI is InChI=1S/C17H21N3/c1-4-18-16-10-15(19-17(20-16)13-8-9-13)14-7-5-6-11(2)12(14)3/h5-7,10,13H,4,8-9H2,1-3H3,(H,18,19,20). The lowest BCUT2D eigenvalue weighted by Gasteiger charge is -2.11. The highest BCUT2D eigenvalue weighted by Crippen LogP contribution is 2.39. The van der Waals surface area contributed by atoms with Gasteiger partial charge in [-0.2, -0.15) is 0 Å². The molecule has 2 aromatic rings. The Balaban J connectivity index is 2.09. The van der Waals surface area contributed by atoms with Gasteiger partial charge in [-0.05, 0) is 44.7 Å². The quantitative estimate of drug-likeness (QED) is 0.907. The van der Waals surface area contributed by atoms with E-state index in [1.54, 1.807) is 0 Å². The molecule has 1 heterocycles. The van der Waals surface area contributed by atoms with Crippen LogP contribution in [0.3, 0.4) is 0 Å². The van der Waals surface area contributed by atoms with E-state index in [0.29, 0.717) is 5.92 Å². The van der Waals surface area contributed by atoms with Crippen molar-refractivity contribution in [3.8, 4) is 11.3 Å². The van der Waals surface area contributed by atoms with Gasteiger partial charge in [-0.1, -0.05) is 18.2 Å². The van der Waals surface area contributed by atoms with Crippen molar-refractivity contribution in [1.82, 2.24) is 9.97 Å². The normalized spacial score (nSPS) is 14.3. The molecule has 3 rings (SSSR count). The highest BCUT2D eigenvalue weighted by Gasteiger charge is 2.27. The number of nitrogens with zero attached hydrogens (tertiary/aromatic N) is 2. The lowest BCUT2D eigenvalue weighted by Crippen LogP contribution is -2.04. The molecular formula is C17H21N3. The fourth-order valence-corrected chi connectivity index (χ4v) is 2.43. The molecule has 1 N–H and O–H groups in total. The van der Waals surface area contributed by atoms with Crippen molar-refractivity contribution in [2.75, 3.05) is 11.9 Å². The van der Waals surface area contributed by atoms with Crippen molar-refractivity contribution in [2.45, 2.75) is 39.5 Å². The Hall–Kier alpha value is -1.90. The lowest BCUT2D eigenvalue weighted by atomic mass is 10.0. The molecule has 0 spiro atoms. The summed E-state index contributed by atoms with van der Waals surface area (Å²) in [5, 5.41) is 3.32. The first-order chi connectivity index (χ1) is 9.69. The van der Waals surface area contributed by atoms with Crippen LogP contribution in [0.25, 0.3) is 11.3 Å². The van der Waals surface area contributed by atoms with Gasteiger partial charge in [0.25, 0.3) is 0 Å². The van der Waals surface area contributed by atoms with Crippen LogP contribution in [0.15, 0.2) is 24.3 Å². The summed E-state index contributed by atoms with van der Waals surface area (Å²) in [6, 6.07) is 8.46. The minimum Gasteiger partial charge on any atom is -0.370 e. The van der Waals surface area contributed by atoms with Crippen LogP contribution in [0.1, 0.15) is 42.6 Å². The molecule has 1 fully saturated rings. The van der Waals surface area contributed by atoms with Gasteiger partial charge in [-0.3, -0.25) is 0 Å². The predicted molar refractivity (Wildman–Crippen MR) is 83.1 cm³/mol. The van der Waals surface area contributed by atoms with Crippen LogP contribution in [0.2, 0.25) is 0 Å². The fraction of sp³-hybridized carbons (Fsp3) is 0.412. The minimum atomic E-state index is 0.567. The van der Waals surface area contributed by atoms with Gasteiger partial charge in [0.15, 0.2) is 0 Å². The number of nitrogens with one attached hydrogen (secondary N) is 1. The van der Waals surface area contributed by atoms with Gasteiger partial charge in [0.2, 0.25) is 0 Å². The highest BCUT2D eigenvalue weighted by atomic mass is 15.0. The van der Waals surface area contributed by atoms with Crippen LogP contribution in [0.5, 0.6) is 0 Å². The summed E-state index contributed by atoms with van der Waals surface area (Å²) in [4.78, 5) is 9.44. The van der Waals surface area contributed by atoms with Gasteiger partial charge in [0, 0.05) is 24.1 Å². The Morgan fingerprint density at radius 3 is 2.70 bits per heavy atom. The molecule has 0 aliphatic heterocycles. The van der Waals surface area contributed by atoms with E-state index in [-0.39, 0.29) is 0 Å². The second-order valence-corrected chi connectivity index (χ2v) is 5.55. The first kappa shape index (κ1) is 13.1. The third kappa shape index (κ3) is 2.53. The average molecular weight is 267 g/mol. The molecule has 1 saturated carbocycles. The third-order valence-corrected chi connectivity index (χ3v) is 3.92. The first-order valence-corrected chi connectivity index (χ1v) is 7.38. The Kier molecular flexibility index (Phi) is 3.43. The number of benzene rings is 1. The minimum absolute atomic E-state index is 0.567. The SMILES string of the molecule is CCNc1cc(-c2cccc(C)c2C)nc(C2CC2)n1. The summed E-state index contributed by atoms with van der Waals surface area (Å²) in [5.74, 6) is 2.51. The number of aryl methyl sites for hydroxylation is 1. The summed E-state index contributed by atoms with van der Waals surface area (Å²) in [6.07, 6.45) is 2.45. The molecule has 0 unspecified atom stereocenters. The molecule has 20 heavy (non-hydrogen) atoms. The largest absolute Gasteiger partial charge is 0.370 e. The number of aromatic nitrogens is 2. The van der Waals surface area contributed by atoms with Crippen LogP contribution in [-0.2, 0) is 0 Å². The maximum atomic E-state index is 4.80. The van der Waals surface area contributed by atoms with Gasteiger partial charge in [-0.25, -0.2) is 9.97 Å². The van der Waals surface area contributed by atoms with E-state index in [1.807, 2.05) is 0 Å². The molecule has 0 atom stereocenters. The van der Waals surface area contributed by atoms with E-state index in [0.717, 1.165) is 23.9 Å². The Labute approximate surface area is 120 Å². The van der Waals surface area contributed by atoms with E-state index in [1.165, 1.54) is 29.5 Å². The van der Waals surface area contributed by atoms with Crippen LogP contribution >= 0.6 is 0 Å². The average Bonchev–Trinajstić information content (AvgIpc) is 3.26. The first-order valence-electron chi connectivity index (χ1n) is 7.38. The predicted octanol–water partition coefficient (Wildman–Crippen LogP) is 4.07. The molecule has 1 aromatic heterocycles. The van der Waals surface area contributed by atoms with Crippen LogP contribution < -0.4 is 5.32 Å². The van der Waals surface area contributed by atoms with Crippen LogP contribution in [0.4, 0.5) is 5.82 Å². The van der Waals surface area contributed by atoms with Crippen molar-refractivity contribution >= 4 is 5.82 Å². The van der Waals surface area contributed by atoms with Gasteiger partial charge in [0.05, 0.1) is 5.69 Å². The molecule has 0 amide bonds. The summed E-state index contributed by atoms with van der Waals surface area (Å²) in [6.45, 7) is 7.29. The van der Waals surface area contributed by atoms with E-state index in [2.05, 4.69) is 55.3 Å². The zero-order valence-corrected chi connectivity index (χ0v) is 12.4. The van der Waals surface area contributed by atoms with Gasteiger partial charge >= 0.3 is 0 Å². The van der Waals surface area contributed by atoms with Crippen molar-refractivity contribution in [2.24, 2.45) is 0 Å². The molecule has 3 heteroatoms. The molecule has 0 saturated heterocycles. The van der Waals surface area contributed by atoms with Crippen molar-refractivity contribution in [3.63, 3.8) is 0 Å². The lowest BCUT2D eigenvalue weighted by molar-refractivity contribution is 0.927. The van der Waals surface area contributed by atoms with E-state index < -0.39 is 0 Å². The molecular weight excluding hydrogens is 246 g/mol. The summed E-state index contributed by atoms with van der Waals surface area (Å²) >= 11 is 0. The molecule has 1 aliphatic rings. The third-order valence-electron chi connectivity index (χ3n) is 3.92. The zero-order chi connectivity index (χ0) is 14.1. The van der Waals surface area contributed by atoms with Gasteiger partial charge in [-0.15, -0.1) is 0 Å². The van der Waals surface area contributed by atoms with Crippen LogP contribution in [-0.4, -0.2) is 16.5 Å². The van der Waals surface area contributed by atoms with Crippen LogP contribution in [0, 0.1) is 13.8 Å². The smallest absolute Gasteiger partial charge is 0.134 e. The topological polar surface area (TPSA) is 37.8 Å². The van der Waals surface area contributed by atoms with Gasteiger partial charge in [0.1, 0.15) is 11.6 Å². The van der Waals surface area contributed by atoms with Crippen molar-refractivity contribution in [3.05, 3.63) is 41.2 Å². The number of hydrogen-bond donors (Lipinski definition) is 1. The highest BCUT2D eigenvalue weighted by molar-refractivity contribution is 5.67. The summed E-state index contributed by atoms with van der Waals surface area (Å²) in [5.41, 5.74) is 4.86. The van der Waals surface area contributed by atoms with Crippen molar-refractivity contribution < 1.29 is 0 Å². The Morgan fingerprint density at radius 2 is 2.00 bits per heavy atom. The molecule has 1 aromatic carbocycles. The second kappa shape index (κ2) is 5.23. The monoisotopic (exact) mass is 267 g/mol. The maximum Gasteiger partial charge on any atom is 0.134 e. The van der Waals surface area contributed by atoms with E-state index in [4.69, 9.17) is 4.98 Å². The zero-order valence-electron chi connectivity index (χ0n) is 12.4. The molecule has 1 aliphatic carbocycles. The Morgan fingerprint density at radius 1 is 1.20 bits per heavy atom. The van der Waals surface area contributed by atoms with E-state index >= 15 is 0 Å². The Bertz CT molecular complexity index is 630. The molecule has 104 valence electrons. The summed E-state index contributed by atoms with van der Waals surface area (Å²) in [7, 11) is 0. The molecule has 0 radical (unpaired) electrons. The number of rotatable bonds is 4. The molecule has 0 bridgehead atoms. The molecule has 3 nitrogen and oxygen atoms in total. The number of hydrogen-bond acceptors (Lipinski definition) is 3. The maximum absolute atomic E-state index is 4.80.